The number of nitrogens with zero attached hydrogens (tertiary/aromatic N) is 4. The number of alkyl halides is 3. The van der Waals surface area contributed by atoms with E-state index >= 15 is 0 Å². The van der Waals surface area contributed by atoms with Crippen LogP contribution in [0.4, 0.5) is 18.9 Å². The lowest BCUT2D eigenvalue weighted by Crippen LogP contribution is -2.48. The third-order valence-electron chi connectivity index (χ3n) is 5.93. The molecule has 5 nitrogen and oxygen atoms in total. The molecule has 0 bridgehead atoms. The summed E-state index contributed by atoms with van der Waals surface area (Å²) in [7, 11) is 0. The molecular formula is C24H20ClF3N4OS. The van der Waals surface area contributed by atoms with Crippen molar-refractivity contribution in [2.45, 2.75) is 13.1 Å². The number of benzene rings is 2. The molecule has 0 N–H and O–H groups in total. The summed E-state index contributed by atoms with van der Waals surface area (Å²) in [4.78, 5) is 18.4. The molecule has 176 valence electrons. The van der Waals surface area contributed by atoms with Crippen LogP contribution in [0.3, 0.4) is 0 Å². The summed E-state index contributed by atoms with van der Waals surface area (Å²) in [6.45, 7) is 3.71. The first-order valence-electron chi connectivity index (χ1n) is 10.7. The van der Waals surface area contributed by atoms with Crippen LogP contribution < -0.4 is 4.90 Å². The molecule has 1 amide bonds. The monoisotopic (exact) mass is 504 g/mol. The van der Waals surface area contributed by atoms with Crippen LogP contribution in [0.1, 0.15) is 20.9 Å². The molecule has 2 aromatic heterocycles. The molecule has 0 aliphatic carbocycles. The number of aromatic nitrogens is 2. The number of hydrogen-bond donors (Lipinski definition) is 0. The second kappa shape index (κ2) is 8.63. The fraction of sp³-hybridized carbons (Fsp3) is 0.250. The van der Waals surface area contributed by atoms with E-state index in [-0.39, 0.29) is 5.91 Å². The molecule has 5 rings (SSSR count). The van der Waals surface area contributed by atoms with Crippen LogP contribution in [0, 0.1) is 6.92 Å². The fourth-order valence-corrected chi connectivity index (χ4v) is 5.39. The third kappa shape index (κ3) is 4.25. The predicted molar refractivity (Wildman–Crippen MR) is 128 cm³/mol. The zero-order valence-corrected chi connectivity index (χ0v) is 19.7. The minimum Gasteiger partial charge on any atom is -0.368 e. The van der Waals surface area contributed by atoms with Gasteiger partial charge in [-0.1, -0.05) is 17.7 Å². The van der Waals surface area contributed by atoms with E-state index in [0.29, 0.717) is 41.8 Å². The maximum absolute atomic E-state index is 13.2. The molecule has 3 heterocycles. The van der Waals surface area contributed by atoms with Gasteiger partial charge in [-0.2, -0.15) is 18.3 Å². The lowest BCUT2D eigenvalue weighted by molar-refractivity contribution is -0.137. The van der Waals surface area contributed by atoms with Crippen molar-refractivity contribution in [2.75, 3.05) is 31.1 Å². The Morgan fingerprint density at radius 3 is 2.38 bits per heavy atom. The van der Waals surface area contributed by atoms with Crippen molar-refractivity contribution in [1.29, 1.82) is 0 Å². The molecule has 1 saturated heterocycles. The average molecular weight is 505 g/mol. The van der Waals surface area contributed by atoms with Gasteiger partial charge >= 0.3 is 6.18 Å². The fourth-order valence-electron chi connectivity index (χ4n) is 4.11. The minimum absolute atomic E-state index is 0.0769. The topological polar surface area (TPSA) is 41.4 Å². The smallest absolute Gasteiger partial charge is 0.368 e. The minimum atomic E-state index is -4.38. The molecule has 1 aliphatic heterocycles. The van der Waals surface area contributed by atoms with Crippen molar-refractivity contribution in [3.63, 3.8) is 0 Å². The molecule has 1 aliphatic rings. The number of anilines is 1. The second-order valence-corrected chi connectivity index (χ2v) is 9.60. The lowest BCUT2D eigenvalue weighted by atomic mass is 10.1. The van der Waals surface area contributed by atoms with Gasteiger partial charge in [-0.3, -0.25) is 4.79 Å². The number of fused-ring (bicyclic) bond motifs is 1. The lowest BCUT2D eigenvalue weighted by Gasteiger charge is -2.36. The molecule has 2 aromatic carbocycles. The van der Waals surface area contributed by atoms with Crippen molar-refractivity contribution in [2.24, 2.45) is 0 Å². The van der Waals surface area contributed by atoms with E-state index in [2.05, 4.69) is 5.10 Å². The van der Waals surface area contributed by atoms with E-state index in [1.165, 1.54) is 17.4 Å². The SMILES string of the molecule is Cc1nn(-c2ccc(Cl)cc2)c2sc(C(=O)N3CCN(c4cccc(C(F)(F)F)c4)CC3)cc12. The van der Waals surface area contributed by atoms with E-state index in [1.807, 2.05) is 34.7 Å². The summed E-state index contributed by atoms with van der Waals surface area (Å²) in [6.07, 6.45) is -4.38. The highest BCUT2D eigenvalue weighted by Crippen LogP contribution is 2.33. The molecule has 0 unspecified atom stereocenters. The van der Waals surface area contributed by atoms with Gasteiger partial charge in [0.15, 0.2) is 0 Å². The Morgan fingerprint density at radius 1 is 1.00 bits per heavy atom. The average Bonchev–Trinajstić information content (AvgIpc) is 3.39. The van der Waals surface area contributed by atoms with Crippen LogP contribution in [0.5, 0.6) is 0 Å². The number of halogens is 4. The Labute approximate surface area is 203 Å². The van der Waals surface area contributed by atoms with E-state index in [4.69, 9.17) is 11.6 Å². The number of hydrogen-bond acceptors (Lipinski definition) is 4. The predicted octanol–water partition coefficient (Wildman–Crippen LogP) is 6.03. The van der Waals surface area contributed by atoms with E-state index in [9.17, 15) is 18.0 Å². The molecule has 0 spiro atoms. The Kier molecular flexibility index (Phi) is 5.77. The van der Waals surface area contributed by atoms with Crippen LogP contribution in [0.25, 0.3) is 15.9 Å². The molecule has 1 fully saturated rings. The van der Waals surface area contributed by atoms with Gasteiger partial charge in [-0.15, -0.1) is 11.3 Å². The summed E-state index contributed by atoms with van der Waals surface area (Å²) in [5.41, 5.74) is 1.54. The number of thiophene rings is 1. The number of rotatable bonds is 3. The first-order chi connectivity index (χ1) is 16.2. The standard InChI is InChI=1S/C24H20ClF3N4OS/c1-15-20-14-21(34-23(20)32(29-15)18-7-5-17(25)6-8-18)22(33)31-11-9-30(10-12-31)19-4-2-3-16(13-19)24(26,27)28/h2-8,13-14H,9-12H2,1H3. The number of piperazine rings is 1. The number of carbonyl (C=O) groups excluding carboxylic acids is 1. The Balaban J connectivity index is 1.33. The zero-order chi connectivity index (χ0) is 24.0. The summed E-state index contributed by atoms with van der Waals surface area (Å²) in [6, 6.07) is 14.5. The highest BCUT2D eigenvalue weighted by Gasteiger charge is 2.31. The van der Waals surface area contributed by atoms with Crippen molar-refractivity contribution in [3.8, 4) is 5.69 Å². The van der Waals surface area contributed by atoms with Crippen LogP contribution in [-0.4, -0.2) is 46.8 Å². The normalized spacial score (nSPS) is 14.7. The summed E-state index contributed by atoms with van der Waals surface area (Å²) in [5, 5.41) is 6.16. The Bertz CT molecular complexity index is 1360. The van der Waals surface area contributed by atoms with Gasteiger partial charge in [0.25, 0.3) is 5.91 Å². The maximum atomic E-state index is 13.2. The van der Waals surface area contributed by atoms with Crippen molar-refractivity contribution >= 4 is 44.7 Å². The van der Waals surface area contributed by atoms with Gasteiger partial charge in [0.2, 0.25) is 0 Å². The van der Waals surface area contributed by atoms with Crippen LogP contribution >= 0.6 is 22.9 Å². The van der Waals surface area contributed by atoms with E-state index < -0.39 is 11.7 Å². The molecule has 10 heteroatoms. The van der Waals surface area contributed by atoms with E-state index in [0.717, 1.165) is 33.7 Å². The van der Waals surface area contributed by atoms with Crippen molar-refractivity contribution < 1.29 is 18.0 Å². The number of amides is 1. The summed E-state index contributed by atoms with van der Waals surface area (Å²) in [5.74, 6) is -0.0769. The van der Waals surface area contributed by atoms with Gasteiger partial charge in [0, 0.05) is 42.3 Å². The quantitative estimate of drug-likeness (QED) is 0.342. The molecule has 0 saturated carbocycles. The van der Waals surface area contributed by atoms with Gasteiger partial charge in [-0.05, 0) is 55.5 Å². The van der Waals surface area contributed by atoms with Crippen LogP contribution in [-0.2, 0) is 6.18 Å². The highest BCUT2D eigenvalue weighted by molar-refractivity contribution is 7.20. The highest BCUT2D eigenvalue weighted by atomic mass is 35.5. The molecular weight excluding hydrogens is 485 g/mol. The first kappa shape index (κ1) is 22.7. The van der Waals surface area contributed by atoms with Gasteiger partial charge in [0.1, 0.15) is 4.83 Å². The van der Waals surface area contributed by atoms with Gasteiger partial charge in [-0.25, -0.2) is 4.68 Å². The van der Waals surface area contributed by atoms with Crippen LogP contribution in [0.15, 0.2) is 54.6 Å². The largest absolute Gasteiger partial charge is 0.416 e. The van der Waals surface area contributed by atoms with Crippen molar-refractivity contribution in [3.05, 3.63) is 75.8 Å². The van der Waals surface area contributed by atoms with Crippen LogP contribution in [0.2, 0.25) is 5.02 Å². The summed E-state index contributed by atoms with van der Waals surface area (Å²) >= 11 is 7.39. The van der Waals surface area contributed by atoms with Crippen molar-refractivity contribution in [1.82, 2.24) is 14.7 Å². The zero-order valence-electron chi connectivity index (χ0n) is 18.1. The molecule has 4 aromatic rings. The van der Waals surface area contributed by atoms with Gasteiger partial charge in [0.05, 0.1) is 21.8 Å². The third-order valence-corrected chi connectivity index (χ3v) is 7.28. The Hall–Kier alpha value is -3.04. The number of aryl methyl sites for hydroxylation is 1. The molecule has 34 heavy (non-hydrogen) atoms. The maximum Gasteiger partial charge on any atom is 0.416 e. The summed E-state index contributed by atoms with van der Waals surface area (Å²) < 4.78 is 41.0. The van der Waals surface area contributed by atoms with Gasteiger partial charge < -0.3 is 9.80 Å². The molecule has 0 atom stereocenters. The Morgan fingerprint density at radius 2 is 1.71 bits per heavy atom. The second-order valence-electron chi connectivity index (χ2n) is 8.13. The number of carbonyl (C=O) groups is 1. The van der Waals surface area contributed by atoms with E-state index in [1.54, 1.807) is 23.1 Å². The first-order valence-corrected chi connectivity index (χ1v) is 11.9. The molecule has 0 radical (unpaired) electrons.